The number of ketones is 1. The second kappa shape index (κ2) is 14.7. The molecule has 0 amide bonds. The van der Waals surface area contributed by atoms with Gasteiger partial charge in [-0.3, -0.25) is 9.59 Å². The van der Waals surface area contributed by atoms with E-state index >= 15 is 4.79 Å². The zero-order chi connectivity index (χ0) is 42.1. The van der Waals surface area contributed by atoms with Crippen LogP contribution < -0.4 is 0 Å². The molecule has 9 aliphatic carbocycles. The van der Waals surface area contributed by atoms with Crippen molar-refractivity contribution in [2.45, 2.75) is 224 Å². The Bertz CT molecular complexity index is 1670. The fourth-order valence-electron chi connectivity index (χ4n) is 20.1. The summed E-state index contributed by atoms with van der Waals surface area (Å²) in [4.78, 5) is 28.5. The molecule has 0 radical (unpaired) electrons. The predicted molar refractivity (Wildman–Crippen MR) is 242 cm³/mol. The van der Waals surface area contributed by atoms with Crippen LogP contribution in [0.3, 0.4) is 0 Å². The number of rotatable bonds is 8. The molecule has 16 atom stereocenters. The van der Waals surface area contributed by atoms with Gasteiger partial charge in [-0.15, -0.1) is 0 Å². The Morgan fingerprint density at radius 2 is 1.47 bits per heavy atom. The predicted octanol–water partition coefficient (Wildman–Crippen LogP) is 15.0. The SMILES string of the molecule is CC(C)CCCC[C@H]1CC[C@H]2[C@@H]3CC=C4C[C@@H](OC(=O)[C@]56CCC(C(C)C)C5[C@H]5CC[C@@H]7[C@@]8(C)CCC(=O)C(C)(C)C8CC[C@@]7(C)[C@]5(C)CC6)CC[C@]4(C)[C@H]3CC[C@]12C. The van der Waals surface area contributed by atoms with Crippen molar-refractivity contribution in [2.24, 2.45) is 103 Å². The monoisotopic (exact) mass is 811 g/mol. The summed E-state index contributed by atoms with van der Waals surface area (Å²) in [6.07, 6.45) is 30.0. The summed E-state index contributed by atoms with van der Waals surface area (Å²) in [5, 5.41) is 0. The van der Waals surface area contributed by atoms with Crippen LogP contribution in [0.15, 0.2) is 11.6 Å². The maximum Gasteiger partial charge on any atom is 0.312 e. The molecule has 9 aliphatic rings. The summed E-state index contributed by atoms with van der Waals surface area (Å²) < 4.78 is 7.01. The van der Waals surface area contributed by atoms with E-state index in [0.29, 0.717) is 46.7 Å². The van der Waals surface area contributed by atoms with Gasteiger partial charge in [-0.25, -0.2) is 0 Å². The molecule has 59 heavy (non-hydrogen) atoms. The molecule has 0 aliphatic heterocycles. The van der Waals surface area contributed by atoms with Gasteiger partial charge in [-0.05, 0) is 201 Å². The van der Waals surface area contributed by atoms with Gasteiger partial charge in [0.15, 0.2) is 0 Å². The molecule has 0 spiro atoms. The fraction of sp³-hybridized carbons (Fsp3) is 0.929. The fourth-order valence-corrected chi connectivity index (χ4v) is 20.1. The van der Waals surface area contributed by atoms with Crippen LogP contribution in [-0.4, -0.2) is 17.9 Å². The molecule has 0 aromatic carbocycles. The van der Waals surface area contributed by atoms with Crippen LogP contribution in [0.2, 0.25) is 0 Å². The number of hydrogen-bond donors (Lipinski definition) is 0. The van der Waals surface area contributed by atoms with E-state index in [0.717, 1.165) is 68.1 Å². The summed E-state index contributed by atoms with van der Waals surface area (Å²) in [6, 6.07) is 0. The van der Waals surface area contributed by atoms with Crippen molar-refractivity contribution in [3.63, 3.8) is 0 Å². The second-order valence-corrected chi connectivity index (χ2v) is 26.5. The number of allylic oxidation sites excluding steroid dienone is 1. The zero-order valence-corrected chi connectivity index (χ0v) is 40.3. The van der Waals surface area contributed by atoms with Gasteiger partial charge in [-0.2, -0.15) is 0 Å². The maximum absolute atomic E-state index is 15.2. The maximum atomic E-state index is 15.2. The Balaban J connectivity index is 0.909. The van der Waals surface area contributed by atoms with Crippen LogP contribution in [-0.2, 0) is 14.3 Å². The summed E-state index contributed by atoms with van der Waals surface area (Å²) in [5.41, 5.74) is 2.69. The Kier molecular flexibility index (Phi) is 10.8. The second-order valence-electron chi connectivity index (χ2n) is 26.5. The van der Waals surface area contributed by atoms with E-state index in [1.165, 1.54) is 103 Å². The highest BCUT2D eigenvalue weighted by atomic mass is 16.5. The minimum absolute atomic E-state index is 0.0520. The van der Waals surface area contributed by atoms with Crippen molar-refractivity contribution >= 4 is 11.8 Å². The third-order valence-electron chi connectivity index (χ3n) is 23.6. The minimum atomic E-state index is -0.308. The average Bonchev–Trinajstić information content (AvgIpc) is 3.74. The van der Waals surface area contributed by atoms with E-state index in [-0.39, 0.29) is 44.6 Å². The Morgan fingerprint density at radius 3 is 2.22 bits per heavy atom. The highest BCUT2D eigenvalue weighted by Crippen LogP contribution is 2.78. The minimum Gasteiger partial charge on any atom is -0.462 e. The average molecular weight is 811 g/mol. The Hall–Kier alpha value is -1.12. The smallest absolute Gasteiger partial charge is 0.312 e. The third-order valence-corrected chi connectivity index (χ3v) is 23.6. The first-order valence-electron chi connectivity index (χ1n) is 26.2. The molecule has 0 saturated heterocycles. The van der Waals surface area contributed by atoms with Crippen LogP contribution in [0, 0.1) is 103 Å². The van der Waals surface area contributed by atoms with Gasteiger partial charge >= 0.3 is 5.97 Å². The molecule has 3 nitrogen and oxygen atoms in total. The zero-order valence-electron chi connectivity index (χ0n) is 40.3. The molecule has 0 aromatic heterocycles. The molecule has 3 unspecified atom stereocenters. The number of carbonyl (C=O) groups is 2. The summed E-state index contributed by atoms with van der Waals surface area (Å²) in [6.45, 7) is 27.6. The van der Waals surface area contributed by atoms with Crippen molar-refractivity contribution in [1.82, 2.24) is 0 Å². The van der Waals surface area contributed by atoms with Crippen LogP contribution in [0.5, 0.6) is 0 Å². The first kappa shape index (κ1) is 43.1. The molecule has 8 fully saturated rings. The molecule has 0 bridgehead atoms. The standard InChI is InChI=1S/C56H90O3/c1-35(2)14-12-13-15-37-17-19-42-41-18-16-38-34-39(22-27-52(38,8)43(41)24-28-51(37,42)7)59-49(58)56-31-23-40(36(3)4)48(56)44-20-21-46-53(9)29-26-47(57)50(5,6)45(53)25-30-55(46,11)54(44,10)32-33-56/h16,35-37,39-46,48H,12-15,17-34H2,1-11H3/t37-,39-,40?,41-,42-,43-,44+,45?,46+,48?,51+,52-,53-,54+,55+,56-/m0/s1. The lowest BCUT2D eigenvalue weighted by atomic mass is 9.32. The third kappa shape index (κ3) is 6.15. The molecule has 0 N–H and O–H groups in total. The Morgan fingerprint density at radius 1 is 0.712 bits per heavy atom. The van der Waals surface area contributed by atoms with E-state index in [9.17, 15) is 4.79 Å². The highest BCUT2D eigenvalue weighted by Gasteiger charge is 2.72. The van der Waals surface area contributed by atoms with E-state index in [1.54, 1.807) is 5.57 Å². The normalized spacial score (nSPS) is 51.1. The van der Waals surface area contributed by atoms with Crippen molar-refractivity contribution in [3.05, 3.63) is 11.6 Å². The first-order valence-corrected chi connectivity index (χ1v) is 26.2. The number of carbonyl (C=O) groups excluding carboxylic acids is 2. The number of Topliss-reactive ketones (excluding diaryl/α,β-unsaturated/α-hetero) is 1. The summed E-state index contributed by atoms with van der Waals surface area (Å²) >= 11 is 0. The van der Waals surface area contributed by atoms with Gasteiger partial charge in [-0.1, -0.05) is 107 Å². The van der Waals surface area contributed by atoms with Crippen LogP contribution in [0.4, 0.5) is 0 Å². The number of unbranched alkanes of at least 4 members (excludes halogenated alkanes) is 1. The van der Waals surface area contributed by atoms with E-state index < -0.39 is 0 Å². The van der Waals surface area contributed by atoms with Gasteiger partial charge in [0.05, 0.1) is 5.41 Å². The molecule has 8 saturated carbocycles. The summed E-state index contributed by atoms with van der Waals surface area (Å²) in [5.74, 6) is 8.42. The lowest BCUT2D eigenvalue weighted by molar-refractivity contribution is -0.238. The van der Waals surface area contributed by atoms with Crippen molar-refractivity contribution < 1.29 is 14.3 Å². The van der Waals surface area contributed by atoms with E-state index in [4.69, 9.17) is 4.74 Å². The molecule has 0 heterocycles. The lowest BCUT2D eigenvalue weighted by Crippen LogP contribution is -2.67. The van der Waals surface area contributed by atoms with Gasteiger partial charge in [0.2, 0.25) is 0 Å². The Labute approximate surface area is 363 Å². The molecule has 3 heteroatoms. The van der Waals surface area contributed by atoms with Gasteiger partial charge in [0.25, 0.3) is 0 Å². The number of hydrogen-bond acceptors (Lipinski definition) is 3. The molecule has 332 valence electrons. The quantitative estimate of drug-likeness (QED) is 0.139. The highest BCUT2D eigenvalue weighted by molar-refractivity contribution is 5.85. The van der Waals surface area contributed by atoms with E-state index in [1.807, 2.05) is 0 Å². The molecule has 9 rings (SSSR count). The molecular weight excluding hydrogens is 721 g/mol. The largest absolute Gasteiger partial charge is 0.462 e. The number of esters is 1. The molecule has 0 aromatic rings. The van der Waals surface area contributed by atoms with Gasteiger partial charge in [0.1, 0.15) is 11.9 Å². The van der Waals surface area contributed by atoms with Crippen molar-refractivity contribution in [2.75, 3.05) is 0 Å². The summed E-state index contributed by atoms with van der Waals surface area (Å²) in [7, 11) is 0. The van der Waals surface area contributed by atoms with Crippen LogP contribution in [0.1, 0.15) is 217 Å². The number of fused-ring (bicyclic) bond motifs is 12. The van der Waals surface area contributed by atoms with Crippen LogP contribution >= 0.6 is 0 Å². The topological polar surface area (TPSA) is 43.4 Å². The van der Waals surface area contributed by atoms with Crippen molar-refractivity contribution in [1.29, 1.82) is 0 Å². The van der Waals surface area contributed by atoms with Gasteiger partial charge < -0.3 is 4.74 Å². The van der Waals surface area contributed by atoms with E-state index in [2.05, 4.69) is 82.2 Å². The van der Waals surface area contributed by atoms with Crippen molar-refractivity contribution in [3.8, 4) is 0 Å². The van der Waals surface area contributed by atoms with Gasteiger partial charge in [0, 0.05) is 18.3 Å². The number of ether oxygens (including phenoxy) is 1. The lowest BCUT2D eigenvalue weighted by Gasteiger charge is -2.72. The van der Waals surface area contributed by atoms with Crippen LogP contribution in [0.25, 0.3) is 0 Å². The molecular formula is C56H90O3. The first-order chi connectivity index (χ1) is 27.8.